The van der Waals surface area contributed by atoms with Gasteiger partial charge in [0, 0.05) is 12.3 Å². The standard InChI is InChI=1S/C17H24BrN3O2S/c1-17(2,3)12-5-6-14(13(18)11-12)23-9-4-7-19-15(22)21-16-20-8-10-24-16/h5-6,11H,4,7-10H2,1-3H3,(H2,19,20,21,22). The maximum atomic E-state index is 11.7. The maximum Gasteiger partial charge on any atom is 0.320 e. The molecular formula is C17H24BrN3O2S. The van der Waals surface area contributed by atoms with Crippen molar-refractivity contribution < 1.29 is 9.53 Å². The molecule has 0 saturated carbocycles. The van der Waals surface area contributed by atoms with E-state index in [1.165, 1.54) is 5.56 Å². The lowest BCUT2D eigenvalue weighted by molar-refractivity contribution is 0.243. The molecule has 0 aromatic heterocycles. The number of aliphatic imine (C=N–C) groups is 1. The number of amides is 2. The topological polar surface area (TPSA) is 62.7 Å². The van der Waals surface area contributed by atoms with Crippen LogP contribution in [0.15, 0.2) is 27.7 Å². The number of carbonyl (C=O) groups excluding carboxylic acids is 1. The second-order valence-electron chi connectivity index (χ2n) is 6.51. The van der Waals surface area contributed by atoms with Crippen molar-refractivity contribution in [1.82, 2.24) is 10.6 Å². The van der Waals surface area contributed by atoms with E-state index in [0.717, 1.165) is 28.9 Å². The summed E-state index contributed by atoms with van der Waals surface area (Å²) in [6.45, 7) is 8.42. The van der Waals surface area contributed by atoms with Crippen molar-refractivity contribution in [3.8, 4) is 5.75 Å². The lowest BCUT2D eigenvalue weighted by Gasteiger charge is -2.20. The van der Waals surface area contributed by atoms with E-state index in [2.05, 4.69) is 64.5 Å². The highest BCUT2D eigenvalue weighted by molar-refractivity contribution is 9.10. The van der Waals surface area contributed by atoms with E-state index in [9.17, 15) is 4.79 Å². The van der Waals surface area contributed by atoms with E-state index in [4.69, 9.17) is 4.74 Å². The van der Waals surface area contributed by atoms with Crippen LogP contribution >= 0.6 is 27.7 Å². The van der Waals surface area contributed by atoms with Crippen molar-refractivity contribution in [3.05, 3.63) is 28.2 Å². The zero-order valence-electron chi connectivity index (χ0n) is 14.3. The molecule has 0 aliphatic carbocycles. The fourth-order valence-corrected chi connectivity index (χ4v) is 3.31. The fourth-order valence-electron chi connectivity index (χ4n) is 2.09. The highest BCUT2D eigenvalue weighted by Gasteiger charge is 2.15. The second-order valence-corrected chi connectivity index (χ2v) is 8.45. The van der Waals surface area contributed by atoms with Gasteiger partial charge in [0.2, 0.25) is 0 Å². The third-order valence-electron chi connectivity index (χ3n) is 3.47. The Hall–Kier alpha value is -1.21. The number of rotatable bonds is 5. The first-order valence-corrected chi connectivity index (χ1v) is 9.79. The molecule has 2 rings (SSSR count). The van der Waals surface area contributed by atoms with Crippen LogP contribution in [-0.2, 0) is 5.41 Å². The predicted octanol–water partition coefficient (Wildman–Crippen LogP) is 3.92. The molecule has 2 amide bonds. The number of urea groups is 1. The van der Waals surface area contributed by atoms with Crippen molar-refractivity contribution in [2.24, 2.45) is 4.99 Å². The average molecular weight is 414 g/mol. The minimum Gasteiger partial charge on any atom is -0.492 e. The molecule has 0 unspecified atom stereocenters. The van der Waals surface area contributed by atoms with Crippen LogP contribution in [0.4, 0.5) is 4.79 Å². The summed E-state index contributed by atoms with van der Waals surface area (Å²) in [6, 6.07) is 5.96. The van der Waals surface area contributed by atoms with Crippen molar-refractivity contribution in [2.45, 2.75) is 32.6 Å². The molecule has 7 heteroatoms. The molecule has 1 aliphatic rings. The summed E-state index contributed by atoms with van der Waals surface area (Å²) in [5.74, 6) is 1.76. The van der Waals surface area contributed by atoms with Gasteiger partial charge in [0.05, 0.1) is 17.6 Å². The van der Waals surface area contributed by atoms with Crippen LogP contribution in [0.3, 0.4) is 0 Å². The van der Waals surface area contributed by atoms with Crippen LogP contribution in [0.25, 0.3) is 0 Å². The van der Waals surface area contributed by atoms with Gasteiger partial charge < -0.3 is 10.1 Å². The quantitative estimate of drug-likeness (QED) is 0.718. The number of nitrogens with one attached hydrogen (secondary N) is 2. The normalized spacial score (nSPS) is 14.2. The van der Waals surface area contributed by atoms with Gasteiger partial charge in [-0.3, -0.25) is 10.3 Å². The van der Waals surface area contributed by atoms with Crippen molar-refractivity contribution in [1.29, 1.82) is 0 Å². The summed E-state index contributed by atoms with van der Waals surface area (Å²) in [7, 11) is 0. The maximum absolute atomic E-state index is 11.7. The van der Waals surface area contributed by atoms with Crippen molar-refractivity contribution >= 4 is 38.9 Å². The van der Waals surface area contributed by atoms with Gasteiger partial charge in [-0.15, -0.1) is 0 Å². The number of hydrogen-bond acceptors (Lipinski definition) is 4. The lowest BCUT2D eigenvalue weighted by Crippen LogP contribution is -2.38. The molecule has 1 heterocycles. The summed E-state index contributed by atoms with van der Waals surface area (Å²) < 4.78 is 6.73. The van der Waals surface area contributed by atoms with Crippen LogP contribution in [0.1, 0.15) is 32.8 Å². The number of carbonyl (C=O) groups is 1. The first-order valence-electron chi connectivity index (χ1n) is 8.01. The molecule has 1 aromatic carbocycles. The first kappa shape index (κ1) is 19.1. The molecule has 0 atom stereocenters. The minimum absolute atomic E-state index is 0.111. The van der Waals surface area contributed by atoms with Crippen molar-refractivity contribution in [3.63, 3.8) is 0 Å². The summed E-state index contributed by atoms with van der Waals surface area (Å²) in [4.78, 5) is 15.8. The van der Waals surface area contributed by atoms with E-state index >= 15 is 0 Å². The van der Waals surface area contributed by atoms with E-state index < -0.39 is 0 Å². The van der Waals surface area contributed by atoms with Gasteiger partial charge in [-0.1, -0.05) is 38.6 Å². The van der Waals surface area contributed by atoms with Gasteiger partial charge in [-0.2, -0.15) is 0 Å². The van der Waals surface area contributed by atoms with Crippen LogP contribution in [0.5, 0.6) is 5.75 Å². The van der Waals surface area contributed by atoms with Crippen LogP contribution in [0, 0.1) is 0 Å². The Kier molecular flexibility index (Phi) is 6.98. The molecule has 1 aliphatic heterocycles. The minimum atomic E-state index is -0.209. The molecule has 132 valence electrons. The monoisotopic (exact) mass is 413 g/mol. The fraction of sp³-hybridized carbons (Fsp3) is 0.529. The molecule has 24 heavy (non-hydrogen) atoms. The van der Waals surface area contributed by atoms with Gasteiger partial charge in [-0.05, 0) is 45.5 Å². The van der Waals surface area contributed by atoms with E-state index in [1.54, 1.807) is 11.8 Å². The second kappa shape index (κ2) is 8.76. The molecule has 0 fully saturated rings. The van der Waals surface area contributed by atoms with Gasteiger partial charge in [-0.25, -0.2) is 4.79 Å². The number of benzene rings is 1. The number of thioether (sulfide) groups is 1. The van der Waals surface area contributed by atoms with Crippen LogP contribution in [-0.4, -0.2) is 36.6 Å². The van der Waals surface area contributed by atoms with Gasteiger partial charge in [0.15, 0.2) is 5.17 Å². The average Bonchev–Trinajstić information content (AvgIpc) is 3.00. The molecule has 2 N–H and O–H groups in total. The van der Waals surface area contributed by atoms with Gasteiger partial charge >= 0.3 is 6.03 Å². The highest BCUT2D eigenvalue weighted by atomic mass is 79.9. The summed E-state index contributed by atoms with van der Waals surface area (Å²) >= 11 is 5.12. The number of nitrogens with zero attached hydrogens (tertiary/aromatic N) is 1. The zero-order chi connectivity index (χ0) is 17.6. The van der Waals surface area contributed by atoms with Crippen LogP contribution in [0.2, 0.25) is 0 Å². The Morgan fingerprint density at radius 3 is 2.83 bits per heavy atom. The predicted molar refractivity (Wildman–Crippen MR) is 104 cm³/mol. The molecule has 5 nitrogen and oxygen atoms in total. The smallest absolute Gasteiger partial charge is 0.320 e. The van der Waals surface area contributed by atoms with E-state index in [1.807, 2.05) is 6.07 Å². The highest BCUT2D eigenvalue weighted by Crippen LogP contribution is 2.31. The number of amidine groups is 1. The van der Waals surface area contributed by atoms with E-state index in [-0.39, 0.29) is 11.4 Å². The molecular weight excluding hydrogens is 390 g/mol. The third-order valence-corrected chi connectivity index (χ3v) is 4.98. The van der Waals surface area contributed by atoms with Crippen LogP contribution < -0.4 is 15.4 Å². The van der Waals surface area contributed by atoms with Gasteiger partial charge in [0.25, 0.3) is 0 Å². The Bertz CT molecular complexity index is 614. The summed E-state index contributed by atoms with van der Waals surface area (Å²) in [6.07, 6.45) is 0.737. The third kappa shape index (κ3) is 6.02. The lowest BCUT2D eigenvalue weighted by atomic mass is 9.87. The number of ether oxygens (including phenoxy) is 1. The van der Waals surface area contributed by atoms with E-state index in [0.29, 0.717) is 18.3 Å². The number of halogens is 1. The molecule has 0 radical (unpaired) electrons. The Morgan fingerprint density at radius 1 is 1.42 bits per heavy atom. The zero-order valence-corrected chi connectivity index (χ0v) is 16.7. The Balaban J connectivity index is 1.68. The van der Waals surface area contributed by atoms with Gasteiger partial charge in [0.1, 0.15) is 5.75 Å². The summed E-state index contributed by atoms with van der Waals surface area (Å²) in [5.41, 5.74) is 1.37. The first-order chi connectivity index (χ1) is 11.4. The largest absolute Gasteiger partial charge is 0.492 e. The Labute approximate surface area is 156 Å². The molecule has 0 bridgehead atoms. The molecule has 1 aromatic rings. The molecule has 0 saturated heterocycles. The SMILES string of the molecule is CC(C)(C)c1ccc(OCCCNC(=O)NC2=NCCS2)c(Br)c1. The summed E-state index contributed by atoms with van der Waals surface area (Å²) in [5, 5.41) is 6.24. The van der Waals surface area contributed by atoms with Crippen molar-refractivity contribution in [2.75, 3.05) is 25.4 Å². The molecule has 0 spiro atoms. The number of hydrogen-bond donors (Lipinski definition) is 2. The Morgan fingerprint density at radius 2 is 2.21 bits per heavy atom.